The number of rotatable bonds is 4. The molecule has 7 nitrogen and oxygen atoms in total. The lowest BCUT2D eigenvalue weighted by atomic mass is 10.1. The molecule has 1 amide bonds. The van der Waals surface area contributed by atoms with Crippen molar-refractivity contribution in [3.8, 4) is 0 Å². The minimum atomic E-state index is -3.61. The lowest BCUT2D eigenvalue weighted by Crippen LogP contribution is -2.32. The number of amides is 1. The van der Waals surface area contributed by atoms with Gasteiger partial charge in [-0.25, -0.2) is 18.1 Å². The van der Waals surface area contributed by atoms with Gasteiger partial charge in [0.25, 0.3) is 5.91 Å². The fraction of sp³-hybridized carbons (Fsp3) is 0.500. The topological polar surface area (TPSA) is 93.9 Å². The third kappa shape index (κ3) is 2.58. The second kappa shape index (κ2) is 5.05. The normalized spacial score (nSPS) is 15.2. The van der Waals surface area contributed by atoms with Crippen molar-refractivity contribution >= 4 is 27.0 Å². The van der Waals surface area contributed by atoms with Gasteiger partial charge < -0.3 is 0 Å². The van der Waals surface area contributed by atoms with Crippen LogP contribution in [0.1, 0.15) is 47.4 Å². The maximum absolute atomic E-state index is 12.4. The molecular formula is C14H18N4O3S. The predicted octanol–water partition coefficient (Wildman–Crippen LogP) is 1.23. The fourth-order valence-electron chi connectivity index (χ4n) is 2.50. The van der Waals surface area contributed by atoms with Crippen LogP contribution in [-0.4, -0.2) is 34.8 Å². The number of hydrogen-bond donors (Lipinski definition) is 1. The Kier molecular flexibility index (Phi) is 3.43. The van der Waals surface area contributed by atoms with Crippen molar-refractivity contribution in [1.29, 1.82) is 0 Å². The maximum atomic E-state index is 12.4. The zero-order valence-electron chi connectivity index (χ0n) is 12.8. The molecule has 22 heavy (non-hydrogen) atoms. The van der Waals surface area contributed by atoms with E-state index >= 15 is 0 Å². The van der Waals surface area contributed by atoms with Crippen LogP contribution in [0.25, 0.3) is 11.0 Å². The average molecular weight is 322 g/mol. The van der Waals surface area contributed by atoms with Gasteiger partial charge in [-0.2, -0.15) is 5.10 Å². The number of aryl methyl sites for hydroxylation is 2. The second-order valence-electron chi connectivity index (χ2n) is 5.61. The number of hydrogen-bond acceptors (Lipinski definition) is 5. The van der Waals surface area contributed by atoms with Crippen molar-refractivity contribution < 1.29 is 13.2 Å². The summed E-state index contributed by atoms with van der Waals surface area (Å²) in [6.45, 7) is 3.27. The van der Waals surface area contributed by atoms with Crippen molar-refractivity contribution in [3.05, 3.63) is 23.0 Å². The predicted molar refractivity (Wildman–Crippen MR) is 82.1 cm³/mol. The van der Waals surface area contributed by atoms with Crippen LogP contribution in [0.2, 0.25) is 0 Å². The molecule has 8 heteroatoms. The lowest BCUT2D eigenvalue weighted by molar-refractivity contribution is 0.0983. The Hall–Kier alpha value is -1.96. The van der Waals surface area contributed by atoms with E-state index in [1.54, 1.807) is 24.7 Å². The number of nitrogens with zero attached hydrogens (tertiary/aromatic N) is 3. The monoisotopic (exact) mass is 322 g/mol. The first-order chi connectivity index (χ1) is 10.3. The summed E-state index contributed by atoms with van der Waals surface area (Å²) < 4.78 is 27.1. The van der Waals surface area contributed by atoms with Crippen LogP contribution in [0.15, 0.2) is 6.07 Å². The molecule has 2 heterocycles. The van der Waals surface area contributed by atoms with Crippen molar-refractivity contribution in [2.45, 2.75) is 32.6 Å². The molecule has 0 atom stereocenters. The summed E-state index contributed by atoms with van der Waals surface area (Å²) in [5.41, 5.74) is 2.43. The quantitative estimate of drug-likeness (QED) is 0.914. The lowest BCUT2D eigenvalue weighted by Gasteiger charge is -2.08. The third-order valence-corrected chi connectivity index (χ3v) is 5.11. The van der Waals surface area contributed by atoms with Gasteiger partial charge in [-0.15, -0.1) is 0 Å². The summed E-state index contributed by atoms with van der Waals surface area (Å²) in [7, 11) is -1.84. The van der Waals surface area contributed by atoms with E-state index in [4.69, 9.17) is 0 Å². The zero-order chi connectivity index (χ0) is 16.1. The summed E-state index contributed by atoms with van der Waals surface area (Å²) in [6, 6.07) is 1.70. The number of sulfonamides is 1. The Balaban J connectivity index is 2.16. The minimum Gasteiger partial charge on any atom is -0.268 e. The number of pyridine rings is 1. The number of carbonyl (C=O) groups is 1. The Labute approximate surface area is 128 Å². The molecule has 1 N–H and O–H groups in total. The smallest absolute Gasteiger partial charge is 0.265 e. The van der Waals surface area contributed by atoms with E-state index in [-0.39, 0.29) is 5.75 Å². The largest absolute Gasteiger partial charge is 0.268 e. The van der Waals surface area contributed by atoms with Crippen LogP contribution in [0.4, 0.5) is 0 Å². The van der Waals surface area contributed by atoms with Crippen LogP contribution in [-0.2, 0) is 17.1 Å². The highest BCUT2D eigenvalue weighted by Gasteiger charge is 2.29. The summed E-state index contributed by atoms with van der Waals surface area (Å²) in [4.78, 5) is 17.0. The summed E-state index contributed by atoms with van der Waals surface area (Å²) in [5.74, 6) is -0.407. The fourth-order valence-corrected chi connectivity index (χ4v) is 3.04. The number of aromatic nitrogens is 3. The SMILES string of the molecule is CCS(=O)(=O)NC(=O)c1cc(C2CC2)nc2c1c(C)nn2C. The molecule has 0 saturated heterocycles. The molecule has 0 bridgehead atoms. The zero-order valence-corrected chi connectivity index (χ0v) is 13.6. The molecule has 0 unspecified atom stereocenters. The van der Waals surface area contributed by atoms with E-state index in [0.29, 0.717) is 28.2 Å². The molecule has 1 aliphatic carbocycles. The minimum absolute atomic E-state index is 0.144. The number of carbonyl (C=O) groups excluding carboxylic acids is 1. The summed E-state index contributed by atoms with van der Waals surface area (Å²) >= 11 is 0. The number of fused-ring (bicyclic) bond motifs is 1. The van der Waals surface area contributed by atoms with Crippen LogP contribution in [0.5, 0.6) is 0 Å². The van der Waals surface area contributed by atoms with Gasteiger partial charge in [-0.1, -0.05) is 0 Å². The van der Waals surface area contributed by atoms with E-state index in [1.165, 1.54) is 6.92 Å². The van der Waals surface area contributed by atoms with Gasteiger partial charge in [-0.05, 0) is 32.8 Å². The van der Waals surface area contributed by atoms with Crippen LogP contribution in [0, 0.1) is 6.92 Å². The van der Waals surface area contributed by atoms with Crippen LogP contribution < -0.4 is 4.72 Å². The molecule has 1 aliphatic rings. The average Bonchev–Trinajstić information content (AvgIpc) is 3.26. The standard InChI is InChI=1S/C14H18N4O3S/c1-4-22(20,21)17-14(19)10-7-11(9-5-6-9)15-13-12(10)8(2)16-18(13)3/h7,9H,4-6H2,1-3H3,(H,17,19). The Morgan fingerprint density at radius 1 is 1.45 bits per heavy atom. The molecule has 1 fully saturated rings. The van der Waals surface area contributed by atoms with Crippen LogP contribution >= 0.6 is 0 Å². The second-order valence-corrected chi connectivity index (χ2v) is 7.62. The molecule has 2 aromatic heterocycles. The number of nitrogens with one attached hydrogen (secondary N) is 1. The van der Waals surface area contributed by atoms with Crippen molar-refractivity contribution in [3.63, 3.8) is 0 Å². The van der Waals surface area contributed by atoms with E-state index in [1.807, 2.05) is 0 Å². The first-order valence-corrected chi connectivity index (χ1v) is 8.86. The van der Waals surface area contributed by atoms with Gasteiger partial charge in [0.15, 0.2) is 5.65 Å². The van der Waals surface area contributed by atoms with Crippen molar-refractivity contribution in [2.75, 3.05) is 5.75 Å². The Bertz CT molecular complexity index is 866. The molecule has 3 rings (SSSR count). The van der Waals surface area contributed by atoms with Gasteiger partial charge in [-0.3, -0.25) is 9.48 Å². The first kappa shape index (κ1) is 15.0. The van der Waals surface area contributed by atoms with E-state index in [9.17, 15) is 13.2 Å². The molecule has 0 spiro atoms. The van der Waals surface area contributed by atoms with Gasteiger partial charge in [0.05, 0.1) is 22.4 Å². The van der Waals surface area contributed by atoms with Crippen LogP contribution in [0.3, 0.4) is 0 Å². The summed E-state index contributed by atoms with van der Waals surface area (Å²) in [5, 5.41) is 4.90. The molecule has 2 aromatic rings. The molecule has 0 radical (unpaired) electrons. The molecule has 0 aliphatic heterocycles. The Morgan fingerprint density at radius 3 is 2.73 bits per heavy atom. The summed E-state index contributed by atoms with van der Waals surface area (Å²) in [6.07, 6.45) is 2.09. The first-order valence-electron chi connectivity index (χ1n) is 7.21. The molecule has 118 valence electrons. The molecule has 0 aromatic carbocycles. The highest BCUT2D eigenvalue weighted by Crippen LogP contribution is 2.40. The highest BCUT2D eigenvalue weighted by atomic mass is 32.2. The maximum Gasteiger partial charge on any atom is 0.265 e. The van der Waals surface area contributed by atoms with Gasteiger partial charge >= 0.3 is 0 Å². The van der Waals surface area contributed by atoms with Gasteiger partial charge in [0, 0.05) is 18.7 Å². The van der Waals surface area contributed by atoms with Crippen molar-refractivity contribution in [2.24, 2.45) is 7.05 Å². The Morgan fingerprint density at radius 2 is 2.14 bits per heavy atom. The van der Waals surface area contributed by atoms with Gasteiger partial charge in [0.1, 0.15) is 0 Å². The van der Waals surface area contributed by atoms with E-state index in [2.05, 4.69) is 14.8 Å². The molecular weight excluding hydrogens is 304 g/mol. The molecule has 1 saturated carbocycles. The van der Waals surface area contributed by atoms with E-state index < -0.39 is 15.9 Å². The van der Waals surface area contributed by atoms with Crippen molar-refractivity contribution in [1.82, 2.24) is 19.5 Å². The van der Waals surface area contributed by atoms with Gasteiger partial charge in [0.2, 0.25) is 10.0 Å². The van der Waals surface area contributed by atoms with E-state index in [0.717, 1.165) is 18.5 Å². The highest BCUT2D eigenvalue weighted by molar-refractivity contribution is 7.90. The third-order valence-electron chi connectivity index (χ3n) is 3.86.